The quantitative estimate of drug-likeness (QED) is 0.443. The number of hydrogen-bond donors (Lipinski definition) is 1. The molecule has 7 heteroatoms. The summed E-state index contributed by atoms with van der Waals surface area (Å²) in [5.41, 5.74) is 0.960. The zero-order valence-electron chi connectivity index (χ0n) is 9.10. The molecule has 1 aliphatic rings. The van der Waals surface area contributed by atoms with Gasteiger partial charge >= 0.3 is 11.8 Å². The summed E-state index contributed by atoms with van der Waals surface area (Å²) in [6.07, 6.45) is 0. The average Bonchev–Trinajstić information content (AvgIpc) is 2.23. The summed E-state index contributed by atoms with van der Waals surface area (Å²) in [5, 5.41) is 16.7. The van der Waals surface area contributed by atoms with Crippen molar-refractivity contribution in [2.24, 2.45) is 0 Å². The smallest absolute Gasteiger partial charge is 0.316 e. The van der Waals surface area contributed by atoms with Gasteiger partial charge in [-0.2, -0.15) is 5.32 Å². The molecule has 0 atom stereocenters. The van der Waals surface area contributed by atoms with Crippen LogP contribution < -0.4 is 10.6 Å². The van der Waals surface area contributed by atoms with Crippen molar-refractivity contribution in [3.8, 4) is 0 Å². The lowest BCUT2D eigenvalue weighted by molar-refractivity contribution is -0.384. The number of nitro groups is 1. The van der Waals surface area contributed by atoms with Crippen LogP contribution in [0, 0.1) is 24.0 Å². The van der Waals surface area contributed by atoms with Gasteiger partial charge in [0.2, 0.25) is 0 Å². The van der Waals surface area contributed by atoms with Crippen molar-refractivity contribution < 1.29 is 14.5 Å². The molecule has 1 radical (unpaired) electrons. The minimum Gasteiger partial charge on any atom is -0.316 e. The first kappa shape index (κ1) is 11.1. The van der Waals surface area contributed by atoms with Gasteiger partial charge in [-0.25, -0.2) is 0 Å². The van der Waals surface area contributed by atoms with E-state index in [-0.39, 0.29) is 17.1 Å². The van der Waals surface area contributed by atoms with E-state index >= 15 is 0 Å². The van der Waals surface area contributed by atoms with E-state index in [0.29, 0.717) is 11.1 Å². The Morgan fingerprint density at radius 1 is 1.35 bits per heavy atom. The van der Waals surface area contributed by atoms with Crippen LogP contribution in [-0.2, 0) is 9.59 Å². The Bertz CT molecular complexity index is 565. The van der Waals surface area contributed by atoms with Crippen molar-refractivity contribution in [2.45, 2.75) is 13.8 Å². The molecule has 87 valence electrons. The highest BCUT2D eigenvalue weighted by molar-refractivity contribution is 6.42. The number of carbonyl (C=O) groups is 2. The fourth-order valence-corrected chi connectivity index (χ4v) is 1.65. The predicted molar refractivity (Wildman–Crippen MR) is 58.0 cm³/mol. The van der Waals surface area contributed by atoms with Crippen LogP contribution in [0.4, 0.5) is 17.1 Å². The van der Waals surface area contributed by atoms with Crippen LogP contribution in [0.3, 0.4) is 0 Å². The number of nitrogens with zero attached hydrogens (tertiary/aromatic N) is 2. The number of nitrogens with one attached hydrogen (secondary N) is 1. The fourth-order valence-electron chi connectivity index (χ4n) is 1.65. The molecule has 0 bridgehead atoms. The van der Waals surface area contributed by atoms with E-state index in [0.717, 1.165) is 0 Å². The molecule has 0 saturated carbocycles. The summed E-state index contributed by atoms with van der Waals surface area (Å²) >= 11 is 0. The summed E-state index contributed by atoms with van der Waals surface area (Å²) in [5.74, 6) is -1.90. The van der Waals surface area contributed by atoms with Gasteiger partial charge in [-0.05, 0) is 25.5 Å². The first-order valence-corrected chi connectivity index (χ1v) is 4.77. The summed E-state index contributed by atoms with van der Waals surface area (Å²) < 4.78 is 0. The maximum absolute atomic E-state index is 11.1. The lowest BCUT2D eigenvalue weighted by atomic mass is 10.0. The Hall–Kier alpha value is -2.44. The highest BCUT2D eigenvalue weighted by atomic mass is 16.6. The third kappa shape index (κ3) is 1.61. The summed E-state index contributed by atoms with van der Waals surface area (Å²) in [6.45, 7) is 3.26. The van der Waals surface area contributed by atoms with E-state index in [1.807, 2.05) is 0 Å². The SMILES string of the molecule is Cc1cc2c(c([N+](=O)[O-])c1C)[N]C(=O)C(=O)N2. The molecule has 1 aliphatic heterocycles. The van der Waals surface area contributed by atoms with Gasteiger partial charge in [0.15, 0.2) is 5.69 Å². The lowest BCUT2D eigenvalue weighted by Gasteiger charge is -2.17. The van der Waals surface area contributed by atoms with Crippen molar-refractivity contribution >= 4 is 28.9 Å². The molecule has 0 fully saturated rings. The van der Waals surface area contributed by atoms with Gasteiger partial charge in [0, 0.05) is 5.56 Å². The molecule has 0 spiro atoms. The van der Waals surface area contributed by atoms with E-state index in [4.69, 9.17) is 0 Å². The van der Waals surface area contributed by atoms with E-state index in [1.54, 1.807) is 19.9 Å². The molecule has 1 heterocycles. The van der Waals surface area contributed by atoms with Crippen LogP contribution in [0.25, 0.3) is 0 Å². The molecule has 0 saturated heterocycles. The van der Waals surface area contributed by atoms with E-state index in [1.165, 1.54) is 0 Å². The number of benzene rings is 1. The summed E-state index contributed by atoms with van der Waals surface area (Å²) in [6, 6.07) is 1.56. The summed E-state index contributed by atoms with van der Waals surface area (Å²) in [7, 11) is 0. The van der Waals surface area contributed by atoms with Crippen molar-refractivity contribution in [3.05, 3.63) is 27.3 Å². The summed E-state index contributed by atoms with van der Waals surface area (Å²) in [4.78, 5) is 32.6. The topological polar surface area (TPSA) is 103 Å². The van der Waals surface area contributed by atoms with Gasteiger partial charge in [0.25, 0.3) is 5.69 Å². The standard InChI is InChI=1S/C10H8N3O4/c1-4-3-6-7(8(5(4)2)13(16)17)12-10(15)9(14)11-6/h3H,1-2H3,(H,11,14). The minimum absolute atomic E-state index is 0.0808. The maximum Gasteiger partial charge on any atom is 0.336 e. The van der Waals surface area contributed by atoms with E-state index in [2.05, 4.69) is 10.6 Å². The molecular formula is C10H8N3O4. The van der Waals surface area contributed by atoms with Gasteiger partial charge < -0.3 is 5.32 Å². The largest absolute Gasteiger partial charge is 0.336 e. The number of nitro benzene ring substituents is 1. The lowest BCUT2D eigenvalue weighted by Crippen LogP contribution is -2.33. The number of anilines is 1. The van der Waals surface area contributed by atoms with Crippen molar-refractivity contribution in [1.82, 2.24) is 5.32 Å². The molecule has 1 aromatic rings. The van der Waals surface area contributed by atoms with Crippen LogP contribution in [0.2, 0.25) is 0 Å². The second kappa shape index (κ2) is 3.55. The number of rotatable bonds is 1. The van der Waals surface area contributed by atoms with Gasteiger partial charge in [0.1, 0.15) is 0 Å². The Morgan fingerprint density at radius 3 is 2.59 bits per heavy atom. The first-order valence-electron chi connectivity index (χ1n) is 4.77. The number of fused-ring (bicyclic) bond motifs is 1. The normalized spacial score (nSPS) is 13.8. The molecular weight excluding hydrogens is 226 g/mol. The molecule has 1 N–H and O–H groups in total. The van der Waals surface area contributed by atoms with Crippen LogP contribution in [0.5, 0.6) is 0 Å². The zero-order valence-corrected chi connectivity index (χ0v) is 9.10. The second-order valence-corrected chi connectivity index (χ2v) is 3.69. The Labute approximate surface area is 96.0 Å². The Balaban J connectivity index is 2.72. The van der Waals surface area contributed by atoms with Crippen LogP contribution in [0.15, 0.2) is 6.07 Å². The van der Waals surface area contributed by atoms with Crippen LogP contribution in [-0.4, -0.2) is 16.7 Å². The van der Waals surface area contributed by atoms with E-state index in [9.17, 15) is 19.7 Å². The average molecular weight is 234 g/mol. The molecule has 17 heavy (non-hydrogen) atoms. The predicted octanol–water partition coefficient (Wildman–Crippen LogP) is 0.926. The molecule has 0 aliphatic carbocycles. The number of amides is 2. The number of hydrogen-bond acceptors (Lipinski definition) is 4. The first-order chi connectivity index (χ1) is 7.91. The monoisotopic (exact) mass is 234 g/mol. The molecule has 2 rings (SSSR count). The molecule has 7 nitrogen and oxygen atoms in total. The minimum atomic E-state index is -1.02. The fraction of sp³-hybridized carbons (Fsp3) is 0.200. The van der Waals surface area contributed by atoms with Crippen LogP contribution in [0.1, 0.15) is 11.1 Å². The van der Waals surface area contributed by atoms with Crippen LogP contribution >= 0.6 is 0 Å². The molecule has 0 aromatic heterocycles. The molecule has 1 aromatic carbocycles. The zero-order chi connectivity index (χ0) is 12.7. The number of aryl methyl sites for hydroxylation is 1. The number of carbonyl (C=O) groups excluding carboxylic acids is 2. The van der Waals surface area contributed by atoms with Crippen molar-refractivity contribution in [3.63, 3.8) is 0 Å². The third-order valence-electron chi connectivity index (χ3n) is 2.63. The highest BCUT2D eigenvalue weighted by Crippen LogP contribution is 2.39. The Kier molecular flexibility index (Phi) is 2.31. The van der Waals surface area contributed by atoms with Crippen molar-refractivity contribution in [1.29, 1.82) is 0 Å². The molecule has 2 amide bonds. The third-order valence-corrected chi connectivity index (χ3v) is 2.63. The van der Waals surface area contributed by atoms with E-state index < -0.39 is 16.7 Å². The Morgan fingerprint density at radius 2 is 2.00 bits per heavy atom. The molecule has 0 unspecified atom stereocenters. The van der Waals surface area contributed by atoms with Gasteiger partial charge in [-0.3, -0.25) is 19.7 Å². The second-order valence-electron chi connectivity index (χ2n) is 3.69. The maximum atomic E-state index is 11.1. The van der Waals surface area contributed by atoms with Gasteiger partial charge in [-0.15, -0.1) is 0 Å². The van der Waals surface area contributed by atoms with Gasteiger partial charge in [-0.1, -0.05) is 0 Å². The highest BCUT2D eigenvalue weighted by Gasteiger charge is 2.33. The van der Waals surface area contributed by atoms with Crippen molar-refractivity contribution in [2.75, 3.05) is 5.32 Å². The van der Waals surface area contributed by atoms with Gasteiger partial charge in [0.05, 0.1) is 10.6 Å².